The number of alkyl carbamates (subject to hydrolysis) is 1. The molecular formula is C30H34N2O5. The van der Waals surface area contributed by atoms with Crippen LogP contribution < -0.4 is 10.6 Å². The third-order valence-electron chi connectivity index (χ3n) is 5.73. The van der Waals surface area contributed by atoms with Gasteiger partial charge in [0.15, 0.2) is 5.78 Å². The van der Waals surface area contributed by atoms with Crippen LogP contribution in [0.15, 0.2) is 78.9 Å². The molecule has 0 heterocycles. The Hall–Kier alpha value is -3.97. The standard InChI is InChI=1S/C30H34N2O5/c1-29(2,3)37-28(36)32-30(4,27(34)35)18-21-13-15-23(16-14-21)25-12-8-9-22(17-25)19-31-20-26(33)24-10-6-5-7-11-24/h5-17,31H,18-20H2,1-4H3,(H,32,36)(H,34,35)/t30-/m1/s1. The van der Waals surface area contributed by atoms with Crippen LogP contribution in [0.5, 0.6) is 0 Å². The molecule has 0 unspecified atom stereocenters. The van der Waals surface area contributed by atoms with Gasteiger partial charge in [-0.15, -0.1) is 0 Å². The number of hydrogen-bond acceptors (Lipinski definition) is 5. The van der Waals surface area contributed by atoms with Crippen LogP contribution in [-0.2, 0) is 22.5 Å². The number of ether oxygens (including phenoxy) is 1. The number of aliphatic carboxylic acids is 1. The molecule has 0 bridgehead atoms. The highest BCUT2D eigenvalue weighted by Gasteiger charge is 2.36. The van der Waals surface area contributed by atoms with Crippen molar-refractivity contribution in [1.82, 2.24) is 10.6 Å². The second-order valence-corrected chi connectivity index (χ2v) is 10.2. The molecule has 194 valence electrons. The Balaban J connectivity index is 1.63. The van der Waals surface area contributed by atoms with E-state index in [9.17, 15) is 19.5 Å². The predicted octanol–water partition coefficient (Wildman–Crippen LogP) is 5.24. The van der Waals surface area contributed by atoms with E-state index in [1.165, 1.54) is 6.92 Å². The maximum atomic E-state index is 12.3. The minimum absolute atomic E-state index is 0.0434. The molecule has 3 aromatic rings. The van der Waals surface area contributed by atoms with E-state index in [-0.39, 0.29) is 18.7 Å². The summed E-state index contributed by atoms with van der Waals surface area (Å²) in [6.45, 7) is 7.43. The molecular weight excluding hydrogens is 468 g/mol. The molecule has 0 saturated heterocycles. The molecule has 0 fully saturated rings. The number of nitrogens with one attached hydrogen (secondary N) is 2. The van der Waals surface area contributed by atoms with Crippen LogP contribution in [0.25, 0.3) is 11.1 Å². The molecule has 0 aliphatic rings. The minimum Gasteiger partial charge on any atom is -0.480 e. The van der Waals surface area contributed by atoms with Crippen molar-refractivity contribution in [1.29, 1.82) is 0 Å². The Morgan fingerprint density at radius 2 is 1.49 bits per heavy atom. The van der Waals surface area contributed by atoms with Crippen molar-refractivity contribution in [2.75, 3.05) is 6.54 Å². The lowest BCUT2D eigenvalue weighted by atomic mass is 9.92. The Morgan fingerprint density at radius 1 is 0.811 bits per heavy atom. The van der Waals surface area contributed by atoms with Gasteiger partial charge < -0.3 is 20.5 Å². The average Bonchev–Trinajstić information content (AvgIpc) is 2.84. The van der Waals surface area contributed by atoms with Crippen LogP contribution in [0.1, 0.15) is 49.2 Å². The van der Waals surface area contributed by atoms with Crippen LogP contribution in [0.2, 0.25) is 0 Å². The highest BCUT2D eigenvalue weighted by molar-refractivity contribution is 5.97. The van der Waals surface area contributed by atoms with Gasteiger partial charge in [-0.3, -0.25) is 4.79 Å². The maximum Gasteiger partial charge on any atom is 0.408 e. The quantitative estimate of drug-likeness (QED) is 0.328. The number of carboxylic acid groups (broad SMARTS) is 1. The summed E-state index contributed by atoms with van der Waals surface area (Å²) < 4.78 is 5.24. The lowest BCUT2D eigenvalue weighted by molar-refractivity contribution is -0.144. The molecule has 0 aliphatic carbocycles. The Bertz CT molecular complexity index is 1230. The molecule has 37 heavy (non-hydrogen) atoms. The highest BCUT2D eigenvalue weighted by Crippen LogP contribution is 2.23. The zero-order valence-electron chi connectivity index (χ0n) is 21.7. The van der Waals surface area contributed by atoms with E-state index in [1.807, 2.05) is 60.7 Å². The Labute approximate surface area is 217 Å². The topological polar surface area (TPSA) is 105 Å². The van der Waals surface area contributed by atoms with E-state index < -0.39 is 23.2 Å². The average molecular weight is 503 g/mol. The fourth-order valence-corrected chi connectivity index (χ4v) is 3.83. The first kappa shape index (κ1) is 27.6. The second kappa shape index (κ2) is 11.8. The third-order valence-corrected chi connectivity index (χ3v) is 5.73. The first-order valence-corrected chi connectivity index (χ1v) is 12.2. The molecule has 3 rings (SSSR count). The van der Waals surface area contributed by atoms with E-state index in [1.54, 1.807) is 32.9 Å². The van der Waals surface area contributed by atoms with Gasteiger partial charge in [-0.2, -0.15) is 0 Å². The first-order valence-electron chi connectivity index (χ1n) is 12.2. The Morgan fingerprint density at radius 3 is 2.11 bits per heavy atom. The van der Waals surface area contributed by atoms with E-state index in [0.29, 0.717) is 12.1 Å². The van der Waals surface area contributed by atoms with Gasteiger partial charge in [-0.1, -0.05) is 72.8 Å². The number of rotatable bonds is 10. The van der Waals surface area contributed by atoms with Crippen molar-refractivity contribution < 1.29 is 24.2 Å². The van der Waals surface area contributed by atoms with Gasteiger partial charge in [0.1, 0.15) is 11.1 Å². The SMILES string of the molecule is CC(C)(C)OC(=O)N[C@](C)(Cc1ccc(-c2cccc(CNCC(=O)c3ccccc3)c2)cc1)C(=O)O. The fourth-order valence-electron chi connectivity index (χ4n) is 3.83. The Kier molecular flexibility index (Phi) is 8.84. The number of ketones is 1. The normalized spacial score (nSPS) is 12.9. The van der Waals surface area contributed by atoms with Gasteiger partial charge in [0.2, 0.25) is 0 Å². The van der Waals surface area contributed by atoms with Crippen LogP contribution in [0.4, 0.5) is 4.79 Å². The summed E-state index contributed by atoms with van der Waals surface area (Å²) in [5.74, 6) is -1.10. The number of benzene rings is 3. The number of amides is 1. The molecule has 1 amide bonds. The molecule has 0 radical (unpaired) electrons. The van der Waals surface area contributed by atoms with E-state index in [4.69, 9.17) is 4.74 Å². The van der Waals surface area contributed by atoms with E-state index in [2.05, 4.69) is 16.7 Å². The van der Waals surface area contributed by atoms with Gasteiger partial charge in [0.25, 0.3) is 0 Å². The van der Waals surface area contributed by atoms with E-state index >= 15 is 0 Å². The fraction of sp³-hybridized carbons (Fsp3) is 0.300. The largest absolute Gasteiger partial charge is 0.480 e. The molecule has 7 heteroatoms. The predicted molar refractivity (Wildman–Crippen MR) is 143 cm³/mol. The second-order valence-electron chi connectivity index (χ2n) is 10.2. The van der Waals surface area contributed by atoms with Gasteiger partial charge in [0, 0.05) is 18.5 Å². The summed E-state index contributed by atoms with van der Waals surface area (Å²) in [7, 11) is 0. The molecule has 0 saturated carbocycles. The monoisotopic (exact) mass is 502 g/mol. The van der Waals surface area contributed by atoms with Gasteiger partial charge in [-0.25, -0.2) is 9.59 Å². The van der Waals surface area contributed by atoms with E-state index in [0.717, 1.165) is 22.3 Å². The minimum atomic E-state index is -1.52. The van der Waals surface area contributed by atoms with Crippen molar-refractivity contribution in [3.63, 3.8) is 0 Å². The summed E-state index contributed by atoms with van der Waals surface area (Å²) in [4.78, 5) is 36.5. The zero-order valence-corrected chi connectivity index (χ0v) is 21.7. The summed E-state index contributed by atoms with van der Waals surface area (Å²) in [6, 6.07) is 24.8. The van der Waals surface area contributed by atoms with Crippen molar-refractivity contribution in [2.45, 2.75) is 51.8 Å². The third kappa shape index (κ3) is 8.29. The summed E-state index contributed by atoms with van der Waals surface area (Å²) in [6.07, 6.45) is -0.675. The van der Waals surface area contributed by atoms with Gasteiger partial charge >= 0.3 is 12.1 Å². The molecule has 7 nitrogen and oxygen atoms in total. The van der Waals surface area contributed by atoms with Crippen molar-refractivity contribution in [3.8, 4) is 11.1 Å². The number of carboxylic acids is 1. The summed E-state index contributed by atoms with van der Waals surface area (Å²) in [5.41, 5.74) is 2.23. The molecule has 0 aliphatic heterocycles. The highest BCUT2D eigenvalue weighted by atomic mass is 16.6. The van der Waals surface area contributed by atoms with Crippen LogP contribution in [0.3, 0.4) is 0 Å². The summed E-state index contributed by atoms with van der Waals surface area (Å²) >= 11 is 0. The maximum absolute atomic E-state index is 12.3. The lowest BCUT2D eigenvalue weighted by Gasteiger charge is -2.28. The number of carbonyl (C=O) groups excluding carboxylic acids is 2. The first-order chi connectivity index (χ1) is 17.4. The summed E-state index contributed by atoms with van der Waals surface area (Å²) in [5, 5.41) is 15.5. The number of Topliss-reactive ketones (excluding diaryl/α,β-unsaturated/α-hetero) is 1. The van der Waals surface area contributed by atoms with Crippen molar-refractivity contribution >= 4 is 17.8 Å². The number of carbonyl (C=O) groups is 3. The zero-order chi connectivity index (χ0) is 27.1. The molecule has 0 aromatic heterocycles. The lowest BCUT2D eigenvalue weighted by Crippen LogP contribution is -2.54. The van der Waals surface area contributed by atoms with Gasteiger partial charge in [0.05, 0.1) is 6.54 Å². The van der Waals surface area contributed by atoms with Crippen molar-refractivity contribution in [2.24, 2.45) is 0 Å². The van der Waals surface area contributed by atoms with Crippen LogP contribution in [-0.4, -0.2) is 40.6 Å². The van der Waals surface area contributed by atoms with Crippen LogP contribution in [0, 0.1) is 0 Å². The molecule has 1 atom stereocenters. The molecule has 3 N–H and O–H groups in total. The van der Waals surface area contributed by atoms with Crippen LogP contribution >= 0.6 is 0 Å². The molecule has 3 aromatic carbocycles. The van der Waals surface area contributed by atoms with Gasteiger partial charge in [-0.05, 0) is 56.0 Å². The smallest absolute Gasteiger partial charge is 0.408 e. The number of hydrogen-bond donors (Lipinski definition) is 3. The van der Waals surface area contributed by atoms with Crippen molar-refractivity contribution in [3.05, 3.63) is 95.6 Å². The molecule has 0 spiro atoms.